The number of benzene rings is 3. The van der Waals surface area contributed by atoms with E-state index in [1.54, 1.807) is 48.5 Å². The van der Waals surface area contributed by atoms with E-state index in [0.717, 1.165) is 17.7 Å². The van der Waals surface area contributed by atoms with Gasteiger partial charge in [0.1, 0.15) is 5.69 Å². The Kier molecular flexibility index (Phi) is 3.13. The summed E-state index contributed by atoms with van der Waals surface area (Å²) in [4.78, 5) is 0. The molecule has 120 valence electrons. The van der Waals surface area contributed by atoms with Crippen molar-refractivity contribution in [2.45, 2.75) is 6.92 Å². The predicted molar refractivity (Wildman–Crippen MR) is 85.4 cm³/mol. The van der Waals surface area contributed by atoms with Crippen LogP contribution in [0, 0.1) is 30.2 Å². The number of nitrogens with zero attached hydrogens (tertiary/aromatic N) is 1. The van der Waals surface area contributed by atoms with Gasteiger partial charge in [0.05, 0.1) is 11.0 Å². The van der Waals surface area contributed by atoms with Crippen molar-refractivity contribution in [2.75, 3.05) is 0 Å². The maximum Gasteiger partial charge on any atom is 0.186 e. The van der Waals surface area contributed by atoms with E-state index in [-0.39, 0.29) is 0 Å². The summed E-state index contributed by atoms with van der Waals surface area (Å²) in [5.74, 6) is -5.58. The van der Waals surface area contributed by atoms with Gasteiger partial charge in [-0.05, 0) is 19.1 Å². The van der Waals surface area contributed by atoms with Crippen LogP contribution in [0.4, 0.5) is 17.6 Å². The van der Waals surface area contributed by atoms with E-state index in [9.17, 15) is 17.6 Å². The lowest BCUT2D eigenvalue weighted by Crippen LogP contribution is -2.09. The molecule has 0 fully saturated rings. The molecule has 0 N–H and O–H groups in total. The fourth-order valence-electron chi connectivity index (χ4n) is 3.09. The zero-order valence-electron chi connectivity index (χ0n) is 12.6. The number of fused-ring (bicyclic) bond motifs is 3. The Morgan fingerprint density at radius 1 is 0.625 bits per heavy atom. The van der Waals surface area contributed by atoms with E-state index in [1.165, 1.54) is 4.57 Å². The lowest BCUT2D eigenvalue weighted by atomic mass is 10.1. The zero-order chi connectivity index (χ0) is 17.0. The Balaban J connectivity index is 2.26. The Morgan fingerprint density at radius 3 is 1.50 bits per heavy atom. The minimum atomic E-state index is -1.40. The first-order valence-electron chi connectivity index (χ1n) is 7.33. The van der Waals surface area contributed by atoms with Crippen molar-refractivity contribution in [1.82, 2.24) is 4.57 Å². The van der Waals surface area contributed by atoms with Crippen molar-refractivity contribution in [3.63, 3.8) is 0 Å². The van der Waals surface area contributed by atoms with Crippen molar-refractivity contribution in [3.8, 4) is 5.69 Å². The highest BCUT2D eigenvalue weighted by molar-refractivity contribution is 6.09. The minimum absolute atomic E-state index is 0.471. The quantitative estimate of drug-likeness (QED) is 0.314. The Bertz CT molecular complexity index is 1030. The molecule has 0 bridgehead atoms. The van der Waals surface area contributed by atoms with Gasteiger partial charge in [-0.25, -0.2) is 17.6 Å². The summed E-state index contributed by atoms with van der Waals surface area (Å²) < 4.78 is 58.3. The second kappa shape index (κ2) is 5.09. The van der Waals surface area contributed by atoms with Gasteiger partial charge in [-0.15, -0.1) is 0 Å². The van der Waals surface area contributed by atoms with Crippen LogP contribution in [-0.2, 0) is 0 Å². The number of hydrogen-bond donors (Lipinski definition) is 0. The van der Waals surface area contributed by atoms with Gasteiger partial charge in [-0.1, -0.05) is 36.4 Å². The SMILES string of the molecule is Cc1c(F)c(F)c(-n2c3ccccc3c3ccccc32)c(F)c1F. The molecule has 3 aromatic carbocycles. The Hall–Kier alpha value is -2.82. The maximum absolute atomic E-state index is 14.5. The molecule has 0 saturated heterocycles. The van der Waals surface area contributed by atoms with Gasteiger partial charge in [-0.2, -0.15) is 0 Å². The van der Waals surface area contributed by atoms with Crippen LogP contribution in [0.5, 0.6) is 0 Å². The van der Waals surface area contributed by atoms with Crippen molar-refractivity contribution < 1.29 is 17.6 Å². The van der Waals surface area contributed by atoms with E-state index in [2.05, 4.69) is 0 Å². The standard InChI is InChI=1S/C19H11F4N/c1-10-15(20)17(22)19(18(23)16(10)21)24-13-8-4-2-6-11(13)12-7-3-5-9-14(12)24/h2-9H,1H3. The molecular formula is C19H11F4N. The summed E-state index contributed by atoms with van der Waals surface area (Å²) in [6.07, 6.45) is 0. The van der Waals surface area contributed by atoms with Gasteiger partial charge in [0.2, 0.25) is 0 Å². The molecule has 1 heterocycles. The van der Waals surface area contributed by atoms with E-state index < -0.39 is 34.5 Å². The van der Waals surface area contributed by atoms with Crippen LogP contribution in [0.3, 0.4) is 0 Å². The topological polar surface area (TPSA) is 4.93 Å². The van der Waals surface area contributed by atoms with Gasteiger partial charge in [0.25, 0.3) is 0 Å². The fourth-order valence-corrected chi connectivity index (χ4v) is 3.09. The summed E-state index contributed by atoms with van der Waals surface area (Å²) >= 11 is 0. The molecule has 24 heavy (non-hydrogen) atoms. The van der Waals surface area contributed by atoms with Crippen LogP contribution in [0.15, 0.2) is 48.5 Å². The molecule has 0 aliphatic rings. The summed E-state index contributed by atoms with van der Waals surface area (Å²) in [6, 6.07) is 13.9. The van der Waals surface area contributed by atoms with E-state index in [4.69, 9.17) is 0 Å². The van der Waals surface area contributed by atoms with Crippen LogP contribution < -0.4 is 0 Å². The number of hydrogen-bond acceptors (Lipinski definition) is 0. The highest BCUT2D eigenvalue weighted by Gasteiger charge is 2.26. The number of rotatable bonds is 1. The lowest BCUT2D eigenvalue weighted by Gasteiger charge is -2.13. The molecule has 1 nitrogen and oxygen atoms in total. The molecule has 0 atom stereocenters. The fraction of sp³-hybridized carbons (Fsp3) is 0.0526. The van der Waals surface area contributed by atoms with Gasteiger partial charge < -0.3 is 4.57 Å². The Labute approximate surface area is 134 Å². The zero-order valence-corrected chi connectivity index (χ0v) is 12.6. The molecule has 0 saturated carbocycles. The number of aromatic nitrogens is 1. The highest BCUT2D eigenvalue weighted by atomic mass is 19.2. The Morgan fingerprint density at radius 2 is 1.04 bits per heavy atom. The summed E-state index contributed by atoms with van der Waals surface area (Å²) in [6.45, 7) is 1.01. The molecule has 0 spiro atoms. The summed E-state index contributed by atoms with van der Waals surface area (Å²) in [7, 11) is 0. The number of para-hydroxylation sites is 2. The molecule has 0 aliphatic heterocycles. The lowest BCUT2D eigenvalue weighted by molar-refractivity contribution is 0.441. The minimum Gasteiger partial charge on any atom is -0.304 e. The molecule has 0 aliphatic carbocycles. The molecule has 1 aromatic heterocycles. The van der Waals surface area contributed by atoms with E-state index in [0.29, 0.717) is 11.0 Å². The first-order valence-corrected chi connectivity index (χ1v) is 7.33. The third-order valence-electron chi connectivity index (χ3n) is 4.26. The average molecular weight is 329 g/mol. The third kappa shape index (κ3) is 1.81. The molecular weight excluding hydrogens is 318 g/mol. The van der Waals surface area contributed by atoms with E-state index in [1.807, 2.05) is 0 Å². The third-order valence-corrected chi connectivity index (χ3v) is 4.26. The molecule has 4 aromatic rings. The monoisotopic (exact) mass is 329 g/mol. The second-order valence-corrected chi connectivity index (χ2v) is 5.60. The molecule has 5 heteroatoms. The van der Waals surface area contributed by atoms with Gasteiger partial charge in [0.15, 0.2) is 23.3 Å². The summed E-state index contributed by atoms with van der Waals surface area (Å²) in [5, 5.41) is 1.49. The van der Waals surface area contributed by atoms with Crippen LogP contribution in [-0.4, -0.2) is 4.57 Å². The first kappa shape index (κ1) is 14.8. The second-order valence-electron chi connectivity index (χ2n) is 5.60. The van der Waals surface area contributed by atoms with Crippen molar-refractivity contribution in [2.24, 2.45) is 0 Å². The first-order chi connectivity index (χ1) is 11.5. The molecule has 0 unspecified atom stereocenters. The summed E-state index contributed by atoms with van der Waals surface area (Å²) in [5.41, 5.74) is -0.471. The van der Waals surface area contributed by atoms with Gasteiger partial charge in [-0.3, -0.25) is 0 Å². The molecule has 0 radical (unpaired) electrons. The van der Waals surface area contributed by atoms with Crippen LogP contribution in [0.25, 0.3) is 27.5 Å². The van der Waals surface area contributed by atoms with Crippen LogP contribution >= 0.6 is 0 Å². The van der Waals surface area contributed by atoms with Gasteiger partial charge in [0, 0.05) is 16.3 Å². The smallest absolute Gasteiger partial charge is 0.186 e. The largest absolute Gasteiger partial charge is 0.304 e. The van der Waals surface area contributed by atoms with Crippen molar-refractivity contribution in [1.29, 1.82) is 0 Å². The molecule has 0 amide bonds. The van der Waals surface area contributed by atoms with Crippen molar-refractivity contribution in [3.05, 3.63) is 77.4 Å². The normalized spacial score (nSPS) is 11.5. The highest BCUT2D eigenvalue weighted by Crippen LogP contribution is 2.35. The maximum atomic E-state index is 14.5. The van der Waals surface area contributed by atoms with Crippen molar-refractivity contribution >= 4 is 21.8 Å². The average Bonchev–Trinajstić information content (AvgIpc) is 2.94. The predicted octanol–water partition coefficient (Wildman–Crippen LogP) is 5.65. The molecule has 4 rings (SSSR count). The number of halogens is 4. The van der Waals surface area contributed by atoms with Crippen LogP contribution in [0.2, 0.25) is 0 Å². The van der Waals surface area contributed by atoms with Crippen LogP contribution in [0.1, 0.15) is 5.56 Å². The van der Waals surface area contributed by atoms with Gasteiger partial charge >= 0.3 is 0 Å². The van der Waals surface area contributed by atoms with E-state index >= 15 is 0 Å².